The number of aryl methyl sites for hydroxylation is 1. The van der Waals surface area contributed by atoms with Crippen LogP contribution in [0.25, 0.3) is 0 Å². The molecule has 8 heteroatoms. The summed E-state index contributed by atoms with van der Waals surface area (Å²) < 4.78 is 39.1. The lowest BCUT2D eigenvalue weighted by atomic mass is 10.1. The van der Waals surface area contributed by atoms with E-state index < -0.39 is 23.8 Å². The van der Waals surface area contributed by atoms with Crippen LogP contribution in [-0.4, -0.2) is 27.3 Å². The molecule has 1 atom stereocenters. The van der Waals surface area contributed by atoms with Crippen LogP contribution in [0.2, 0.25) is 0 Å². The first kappa shape index (κ1) is 20.0. The molecule has 2 rings (SSSR count). The van der Waals surface area contributed by atoms with Crippen molar-refractivity contribution in [3.05, 3.63) is 52.8 Å². The van der Waals surface area contributed by atoms with Crippen LogP contribution >= 0.6 is 0 Å². The Kier molecular flexibility index (Phi) is 6.07. The molecule has 2 N–H and O–H groups in total. The van der Waals surface area contributed by atoms with Gasteiger partial charge in [-0.2, -0.15) is 18.3 Å². The quantitative estimate of drug-likeness (QED) is 0.822. The summed E-state index contributed by atoms with van der Waals surface area (Å²) in [7, 11) is 1.66. The summed E-state index contributed by atoms with van der Waals surface area (Å²) in [5.41, 5.74) is 0.671. The number of benzene rings is 1. The van der Waals surface area contributed by atoms with Crippen molar-refractivity contribution < 1.29 is 23.1 Å². The van der Waals surface area contributed by atoms with Gasteiger partial charge in [0, 0.05) is 13.6 Å². The second-order valence-electron chi connectivity index (χ2n) is 6.59. The van der Waals surface area contributed by atoms with Gasteiger partial charge in [0.25, 0.3) is 5.91 Å². The predicted molar refractivity (Wildman–Crippen MR) is 90.5 cm³/mol. The molecule has 1 aromatic heterocycles. The third-order valence-corrected chi connectivity index (χ3v) is 3.86. The minimum absolute atomic E-state index is 0.116. The molecule has 0 aliphatic rings. The van der Waals surface area contributed by atoms with Gasteiger partial charge in [-0.05, 0) is 36.1 Å². The minimum Gasteiger partial charge on any atom is -0.387 e. The van der Waals surface area contributed by atoms with Crippen molar-refractivity contribution in [2.75, 3.05) is 6.54 Å². The number of halogens is 3. The summed E-state index contributed by atoms with van der Waals surface area (Å²) in [4.78, 5) is 12.3. The van der Waals surface area contributed by atoms with Crippen LogP contribution in [0.3, 0.4) is 0 Å². The number of amides is 1. The molecule has 1 aromatic carbocycles. The van der Waals surface area contributed by atoms with Crippen LogP contribution in [0.15, 0.2) is 30.3 Å². The predicted octanol–water partition coefficient (Wildman–Crippen LogP) is 3.10. The third-order valence-electron chi connectivity index (χ3n) is 3.86. The lowest BCUT2D eigenvalue weighted by Gasteiger charge is -2.13. The number of carbonyl (C=O) groups excluding carboxylic acids is 1. The highest BCUT2D eigenvalue weighted by Gasteiger charge is 2.30. The maximum absolute atomic E-state index is 12.6. The van der Waals surface area contributed by atoms with Crippen LogP contribution in [0.5, 0.6) is 0 Å². The Morgan fingerprint density at radius 3 is 2.42 bits per heavy atom. The maximum atomic E-state index is 12.6. The number of hydrogen-bond acceptors (Lipinski definition) is 3. The molecule has 0 bridgehead atoms. The van der Waals surface area contributed by atoms with E-state index in [1.54, 1.807) is 13.1 Å². The highest BCUT2D eigenvalue weighted by atomic mass is 19.4. The lowest BCUT2D eigenvalue weighted by molar-refractivity contribution is -0.137. The topological polar surface area (TPSA) is 67.2 Å². The van der Waals surface area contributed by atoms with Crippen molar-refractivity contribution in [2.24, 2.45) is 13.0 Å². The van der Waals surface area contributed by atoms with Crippen LogP contribution in [0.4, 0.5) is 13.2 Å². The molecule has 1 amide bonds. The number of nitrogens with zero attached hydrogens (tertiary/aromatic N) is 2. The molecule has 1 heterocycles. The standard InChI is InChI=1S/C18H22F3N3O2/c1-11(2)8-14-9-15(24(3)23-14)17(26)22-10-16(25)12-4-6-13(7-5-12)18(19,20)21/h4-7,9,11,16,25H,8,10H2,1-3H3,(H,22,26). The zero-order valence-corrected chi connectivity index (χ0v) is 14.8. The van der Waals surface area contributed by atoms with Gasteiger partial charge >= 0.3 is 6.18 Å². The normalized spacial score (nSPS) is 13.1. The summed E-state index contributed by atoms with van der Waals surface area (Å²) in [6.45, 7) is 3.98. The van der Waals surface area contributed by atoms with E-state index >= 15 is 0 Å². The first-order valence-electron chi connectivity index (χ1n) is 8.24. The Morgan fingerprint density at radius 2 is 1.88 bits per heavy atom. The maximum Gasteiger partial charge on any atom is 0.416 e. The molecule has 0 spiro atoms. The molecule has 0 aliphatic carbocycles. The van der Waals surface area contributed by atoms with Gasteiger partial charge in [-0.15, -0.1) is 0 Å². The first-order valence-corrected chi connectivity index (χ1v) is 8.24. The van der Waals surface area contributed by atoms with Crippen LogP contribution in [0, 0.1) is 5.92 Å². The van der Waals surface area contributed by atoms with E-state index in [1.807, 2.05) is 0 Å². The molecule has 1 unspecified atom stereocenters. The largest absolute Gasteiger partial charge is 0.416 e. The van der Waals surface area contributed by atoms with Crippen molar-refractivity contribution in [1.29, 1.82) is 0 Å². The average molecular weight is 369 g/mol. The Labute approximate surface area is 149 Å². The molecular weight excluding hydrogens is 347 g/mol. The summed E-state index contributed by atoms with van der Waals surface area (Å²) in [5.74, 6) is 0.00303. The fraction of sp³-hybridized carbons (Fsp3) is 0.444. The second kappa shape index (κ2) is 7.90. The number of alkyl halides is 3. The van der Waals surface area contributed by atoms with Gasteiger partial charge in [-0.25, -0.2) is 0 Å². The molecule has 2 aromatic rings. The van der Waals surface area contributed by atoms with Gasteiger partial charge in [-0.3, -0.25) is 9.48 Å². The van der Waals surface area contributed by atoms with E-state index in [4.69, 9.17) is 0 Å². The summed E-state index contributed by atoms with van der Waals surface area (Å²) in [6, 6.07) is 5.90. The van der Waals surface area contributed by atoms with E-state index in [0.717, 1.165) is 24.2 Å². The zero-order chi connectivity index (χ0) is 19.5. The fourth-order valence-corrected chi connectivity index (χ4v) is 2.55. The molecule has 0 saturated heterocycles. The van der Waals surface area contributed by atoms with Crippen molar-refractivity contribution >= 4 is 5.91 Å². The highest BCUT2D eigenvalue weighted by molar-refractivity contribution is 5.92. The number of rotatable bonds is 6. The van der Waals surface area contributed by atoms with Crippen molar-refractivity contribution in [2.45, 2.75) is 32.5 Å². The zero-order valence-electron chi connectivity index (χ0n) is 14.8. The first-order chi connectivity index (χ1) is 12.1. The Bertz CT molecular complexity index is 752. The smallest absolute Gasteiger partial charge is 0.387 e. The van der Waals surface area contributed by atoms with E-state index in [-0.39, 0.29) is 6.54 Å². The number of aromatic nitrogens is 2. The Hall–Kier alpha value is -2.35. The molecule has 0 aliphatic heterocycles. The third kappa shape index (κ3) is 5.08. The SMILES string of the molecule is CC(C)Cc1cc(C(=O)NCC(O)c2ccc(C(F)(F)F)cc2)n(C)n1. The van der Waals surface area contributed by atoms with Crippen molar-refractivity contribution in [1.82, 2.24) is 15.1 Å². The minimum atomic E-state index is -4.43. The fourth-order valence-electron chi connectivity index (χ4n) is 2.55. The van der Waals surface area contributed by atoms with Crippen LogP contribution in [-0.2, 0) is 19.6 Å². The van der Waals surface area contributed by atoms with Crippen molar-refractivity contribution in [3.8, 4) is 0 Å². The molecule has 142 valence electrons. The molecule has 0 radical (unpaired) electrons. The Balaban J connectivity index is 1.97. The highest BCUT2D eigenvalue weighted by Crippen LogP contribution is 2.29. The monoisotopic (exact) mass is 369 g/mol. The van der Waals surface area contributed by atoms with E-state index in [2.05, 4.69) is 24.3 Å². The lowest BCUT2D eigenvalue weighted by Crippen LogP contribution is -2.29. The molecule has 0 saturated carbocycles. The van der Waals surface area contributed by atoms with E-state index in [1.165, 1.54) is 16.8 Å². The molecule has 0 fully saturated rings. The van der Waals surface area contributed by atoms with E-state index in [9.17, 15) is 23.1 Å². The van der Waals surface area contributed by atoms with Crippen LogP contribution in [0.1, 0.15) is 47.3 Å². The molecule has 26 heavy (non-hydrogen) atoms. The van der Waals surface area contributed by atoms with Gasteiger partial charge in [0.2, 0.25) is 0 Å². The van der Waals surface area contributed by atoms with Crippen LogP contribution < -0.4 is 5.32 Å². The Morgan fingerprint density at radius 1 is 1.27 bits per heavy atom. The number of nitrogens with one attached hydrogen (secondary N) is 1. The van der Waals surface area contributed by atoms with E-state index in [0.29, 0.717) is 17.2 Å². The summed E-state index contributed by atoms with van der Waals surface area (Å²) in [5, 5.41) is 16.9. The number of aliphatic hydroxyl groups excluding tert-OH is 1. The average Bonchev–Trinajstić information content (AvgIpc) is 2.91. The van der Waals surface area contributed by atoms with Gasteiger partial charge < -0.3 is 10.4 Å². The summed E-state index contributed by atoms with van der Waals surface area (Å²) >= 11 is 0. The van der Waals surface area contributed by atoms with Crippen molar-refractivity contribution in [3.63, 3.8) is 0 Å². The van der Waals surface area contributed by atoms with Gasteiger partial charge in [0.05, 0.1) is 17.4 Å². The number of hydrogen-bond donors (Lipinski definition) is 2. The number of carbonyl (C=O) groups is 1. The second-order valence-corrected chi connectivity index (χ2v) is 6.59. The number of aliphatic hydroxyl groups is 1. The van der Waals surface area contributed by atoms with Gasteiger partial charge in [-0.1, -0.05) is 26.0 Å². The molecule has 5 nitrogen and oxygen atoms in total. The van der Waals surface area contributed by atoms with Gasteiger partial charge in [0.1, 0.15) is 5.69 Å². The van der Waals surface area contributed by atoms with Gasteiger partial charge in [0.15, 0.2) is 0 Å². The molecular formula is C18H22F3N3O2. The summed E-state index contributed by atoms with van der Waals surface area (Å²) in [6.07, 6.45) is -4.79.